The van der Waals surface area contributed by atoms with E-state index >= 15 is 0 Å². The molecule has 0 saturated carbocycles. The van der Waals surface area contributed by atoms with Crippen molar-refractivity contribution in [1.82, 2.24) is 10.2 Å². The van der Waals surface area contributed by atoms with Crippen LogP contribution in [-0.4, -0.2) is 41.6 Å². The van der Waals surface area contributed by atoms with E-state index in [0.717, 1.165) is 44.1 Å². The second-order valence-electron chi connectivity index (χ2n) is 5.34. The van der Waals surface area contributed by atoms with E-state index in [2.05, 4.69) is 5.32 Å². The minimum Gasteiger partial charge on any atom is -0.387 e. The summed E-state index contributed by atoms with van der Waals surface area (Å²) in [4.78, 5) is 13.8. The smallest absolute Gasteiger partial charge is 0.239 e. The first-order valence-corrected chi connectivity index (χ1v) is 7.14. The van der Waals surface area contributed by atoms with Crippen molar-refractivity contribution < 1.29 is 18.7 Å². The Kier molecular flexibility index (Phi) is 5.25. The normalized spacial score (nSPS) is 17.8. The van der Waals surface area contributed by atoms with Gasteiger partial charge in [-0.25, -0.2) is 8.78 Å². The summed E-state index contributed by atoms with van der Waals surface area (Å²) in [7, 11) is 0. The predicted octanol–water partition coefficient (Wildman–Crippen LogP) is 1.60. The molecule has 1 saturated heterocycles. The molecule has 0 aliphatic carbocycles. The van der Waals surface area contributed by atoms with Crippen molar-refractivity contribution in [2.75, 3.05) is 19.6 Å². The zero-order chi connectivity index (χ0) is 15.4. The molecule has 0 bridgehead atoms. The number of amides is 1. The molecule has 2 rings (SSSR count). The fourth-order valence-corrected chi connectivity index (χ4v) is 2.47. The Labute approximate surface area is 122 Å². The van der Waals surface area contributed by atoms with E-state index in [-0.39, 0.29) is 18.0 Å². The first-order valence-electron chi connectivity index (χ1n) is 7.14. The molecule has 0 aromatic heterocycles. The molecule has 2 atom stereocenters. The number of aliphatic hydroxyl groups excluding tert-OH is 1. The number of likely N-dealkylation sites (tertiary alicyclic amines) is 1. The summed E-state index contributed by atoms with van der Waals surface area (Å²) >= 11 is 0. The molecular formula is C15H20F2N2O2. The van der Waals surface area contributed by atoms with Crippen LogP contribution < -0.4 is 5.32 Å². The van der Waals surface area contributed by atoms with Crippen LogP contribution in [0.5, 0.6) is 0 Å². The van der Waals surface area contributed by atoms with E-state index in [4.69, 9.17) is 0 Å². The van der Waals surface area contributed by atoms with Crippen LogP contribution in [0.15, 0.2) is 18.2 Å². The Hall–Kier alpha value is -1.53. The van der Waals surface area contributed by atoms with E-state index in [1.165, 1.54) is 0 Å². The maximum Gasteiger partial charge on any atom is 0.239 e. The van der Waals surface area contributed by atoms with Gasteiger partial charge < -0.3 is 15.3 Å². The summed E-state index contributed by atoms with van der Waals surface area (Å²) in [5.41, 5.74) is -0.108. The highest BCUT2D eigenvalue weighted by Gasteiger charge is 2.24. The highest BCUT2D eigenvalue weighted by atomic mass is 19.1. The SMILES string of the molecule is CC(NCC(O)c1cc(F)ccc1F)C(=O)N1CCCC1. The van der Waals surface area contributed by atoms with Crippen molar-refractivity contribution in [1.29, 1.82) is 0 Å². The Balaban J connectivity index is 1.89. The number of benzene rings is 1. The molecule has 0 spiro atoms. The Morgan fingerprint density at radius 1 is 1.38 bits per heavy atom. The molecule has 1 aromatic carbocycles. The van der Waals surface area contributed by atoms with Crippen molar-refractivity contribution in [3.05, 3.63) is 35.4 Å². The lowest BCUT2D eigenvalue weighted by molar-refractivity contribution is -0.132. The predicted molar refractivity (Wildman–Crippen MR) is 74.6 cm³/mol. The van der Waals surface area contributed by atoms with Crippen LogP contribution >= 0.6 is 0 Å². The second kappa shape index (κ2) is 6.95. The molecule has 0 radical (unpaired) electrons. The number of rotatable bonds is 5. The van der Waals surface area contributed by atoms with E-state index in [1.54, 1.807) is 11.8 Å². The number of carbonyl (C=O) groups is 1. The number of hydrogen-bond acceptors (Lipinski definition) is 3. The average Bonchev–Trinajstić information content (AvgIpc) is 3.00. The van der Waals surface area contributed by atoms with Crippen molar-refractivity contribution in [2.45, 2.75) is 31.9 Å². The molecule has 1 fully saturated rings. The minimum atomic E-state index is -1.20. The number of halogens is 2. The first-order chi connectivity index (χ1) is 9.99. The van der Waals surface area contributed by atoms with Gasteiger partial charge in [-0.15, -0.1) is 0 Å². The van der Waals surface area contributed by atoms with Gasteiger partial charge >= 0.3 is 0 Å². The second-order valence-corrected chi connectivity index (χ2v) is 5.34. The van der Waals surface area contributed by atoms with Gasteiger partial charge in [0.25, 0.3) is 0 Å². The Morgan fingerprint density at radius 2 is 2.05 bits per heavy atom. The molecule has 1 aliphatic rings. The molecule has 1 aliphatic heterocycles. The van der Waals surface area contributed by atoms with Gasteiger partial charge in [-0.1, -0.05) is 0 Å². The van der Waals surface area contributed by atoms with Gasteiger partial charge in [-0.05, 0) is 38.0 Å². The Morgan fingerprint density at radius 3 is 2.71 bits per heavy atom. The summed E-state index contributed by atoms with van der Waals surface area (Å²) in [6.45, 7) is 3.20. The van der Waals surface area contributed by atoms with E-state index < -0.39 is 23.8 Å². The highest BCUT2D eigenvalue weighted by Crippen LogP contribution is 2.18. The molecule has 2 N–H and O–H groups in total. The van der Waals surface area contributed by atoms with Gasteiger partial charge in [0.2, 0.25) is 5.91 Å². The van der Waals surface area contributed by atoms with Crippen molar-refractivity contribution >= 4 is 5.91 Å². The summed E-state index contributed by atoms with van der Waals surface area (Å²) in [6, 6.07) is 2.48. The molecule has 1 amide bonds. The number of nitrogens with one attached hydrogen (secondary N) is 1. The monoisotopic (exact) mass is 298 g/mol. The van der Waals surface area contributed by atoms with Crippen LogP contribution in [0.4, 0.5) is 8.78 Å². The molecule has 21 heavy (non-hydrogen) atoms. The zero-order valence-electron chi connectivity index (χ0n) is 12.0. The lowest BCUT2D eigenvalue weighted by Gasteiger charge is -2.22. The van der Waals surface area contributed by atoms with Crippen LogP contribution in [0.2, 0.25) is 0 Å². The maximum atomic E-state index is 13.5. The number of nitrogens with zero attached hydrogens (tertiary/aromatic N) is 1. The van der Waals surface area contributed by atoms with Crippen molar-refractivity contribution in [2.24, 2.45) is 0 Å². The lowest BCUT2D eigenvalue weighted by atomic mass is 10.1. The molecule has 4 nitrogen and oxygen atoms in total. The molecule has 1 aromatic rings. The number of hydrogen-bond donors (Lipinski definition) is 2. The third-order valence-corrected chi connectivity index (χ3v) is 3.72. The Bertz CT molecular complexity index is 504. The van der Waals surface area contributed by atoms with Crippen LogP contribution in [-0.2, 0) is 4.79 Å². The third kappa shape index (κ3) is 3.98. The largest absolute Gasteiger partial charge is 0.387 e. The van der Waals surface area contributed by atoms with Crippen LogP contribution in [0.3, 0.4) is 0 Å². The molecular weight excluding hydrogens is 278 g/mol. The lowest BCUT2D eigenvalue weighted by Crippen LogP contribution is -2.44. The van der Waals surface area contributed by atoms with Gasteiger partial charge in [0.15, 0.2) is 0 Å². The maximum absolute atomic E-state index is 13.5. The molecule has 2 unspecified atom stereocenters. The molecule has 1 heterocycles. The average molecular weight is 298 g/mol. The minimum absolute atomic E-state index is 0.0128. The summed E-state index contributed by atoms with van der Waals surface area (Å²) < 4.78 is 26.6. The van der Waals surface area contributed by atoms with Crippen LogP contribution in [0.1, 0.15) is 31.4 Å². The van der Waals surface area contributed by atoms with E-state index in [1.807, 2.05) is 0 Å². The summed E-state index contributed by atoms with van der Waals surface area (Å²) in [5.74, 6) is -1.30. The number of aliphatic hydroxyl groups is 1. The topological polar surface area (TPSA) is 52.6 Å². The number of carbonyl (C=O) groups excluding carboxylic acids is 1. The quantitative estimate of drug-likeness (QED) is 0.868. The van der Waals surface area contributed by atoms with Crippen LogP contribution in [0.25, 0.3) is 0 Å². The van der Waals surface area contributed by atoms with Gasteiger partial charge in [-0.3, -0.25) is 4.79 Å². The standard InChI is InChI=1S/C15H20F2N2O2/c1-10(15(21)19-6-2-3-7-19)18-9-14(20)12-8-11(16)4-5-13(12)17/h4-5,8,10,14,18,20H,2-3,6-7,9H2,1H3. The summed E-state index contributed by atoms with van der Waals surface area (Å²) in [6.07, 6.45) is 0.820. The highest BCUT2D eigenvalue weighted by molar-refractivity contribution is 5.81. The fourth-order valence-electron chi connectivity index (χ4n) is 2.47. The van der Waals surface area contributed by atoms with Crippen molar-refractivity contribution in [3.8, 4) is 0 Å². The fraction of sp³-hybridized carbons (Fsp3) is 0.533. The van der Waals surface area contributed by atoms with Crippen LogP contribution in [0, 0.1) is 11.6 Å². The van der Waals surface area contributed by atoms with Gasteiger partial charge in [-0.2, -0.15) is 0 Å². The molecule has 6 heteroatoms. The third-order valence-electron chi connectivity index (χ3n) is 3.72. The first kappa shape index (κ1) is 15.9. The van der Waals surface area contributed by atoms with E-state index in [9.17, 15) is 18.7 Å². The summed E-state index contributed by atoms with van der Waals surface area (Å²) in [5, 5.41) is 12.8. The van der Waals surface area contributed by atoms with Gasteiger partial charge in [0, 0.05) is 25.2 Å². The van der Waals surface area contributed by atoms with E-state index in [0.29, 0.717) is 0 Å². The van der Waals surface area contributed by atoms with Gasteiger partial charge in [0.05, 0.1) is 12.1 Å². The zero-order valence-corrected chi connectivity index (χ0v) is 12.0. The van der Waals surface area contributed by atoms with Crippen molar-refractivity contribution in [3.63, 3.8) is 0 Å². The van der Waals surface area contributed by atoms with Gasteiger partial charge in [0.1, 0.15) is 11.6 Å². The molecule has 116 valence electrons.